The van der Waals surface area contributed by atoms with E-state index in [-0.39, 0.29) is 42.5 Å². The molecule has 0 bridgehead atoms. The number of aromatic nitrogens is 1. The normalized spacial score (nSPS) is 23.4. The largest absolute Gasteiger partial charge is 0.490 e. The first-order valence-electron chi connectivity index (χ1n) is 16.5. The van der Waals surface area contributed by atoms with Crippen LogP contribution >= 0.6 is 0 Å². The van der Waals surface area contributed by atoms with Crippen LogP contribution in [0.2, 0.25) is 0 Å². The van der Waals surface area contributed by atoms with E-state index >= 15 is 0 Å². The van der Waals surface area contributed by atoms with Crippen LogP contribution in [0.1, 0.15) is 88.1 Å². The summed E-state index contributed by atoms with van der Waals surface area (Å²) < 4.78 is 12.8. The number of aliphatic hydroxyl groups is 1. The zero-order valence-corrected chi connectivity index (χ0v) is 27.0. The number of hydrogen-bond donors (Lipinski definition) is 2. The van der Waals surface area contributed by atoms with E-state index < -0.39 is 6.04 Å². The number of carbonyl (C=O) groups excluding carboxylic acids is 2. The maximum Gasteiger partial charge on any atom is 0.258 e. The lowest BCUT2D eigenvalue weighted by Gasteiger charge is -2.36. The third-order valence-corrected chi connectivity index (χ3v) is 8.99. The van der Waals surface area contributed by atoms with Gasteiger partial charge in [-0.1, -0.05) is 26.2 Å². The minimum absolute atomic E-state index is 0.00442. The van der Waals surface area contributed by atoms with E-state index in [1.54, 1.807) is 29.4 Å². The summed E-state index contributed by atoms with van der Waals surface area (Å²) in [6.45, 7) is 8.33. The van der Waals surface area contributed by atoms with E-state index in [0.29, 0.717) is 36.7 Å². The second-order valence-electron chi connectivity index (χ2n) is 12.9. The molecule has 2 aliphatic rings. The summed E-state index contributed by atoms with van der Waals surface area (Å²) in [6.07, 6.45) is 11.2. The molecular formula is C35H52N4O5. The Morgan fingerprint density at radius 2 is 1.82 bits per heavy atom. The van der Waals surface area contributed by atoms with Crippen LogP contribution in [0.5, 0.6) is 5.75 Å². The van der Waals surface area contributed by atoms with Crippen molar-refractivity contribution in [1.82, 2.24) is 14.8 Å². The Labute approximate surface area is 263 Å². The lowest BCUT2D eigenvalue weighted by molar-refractivity contribution is -0.120. The van der Waals surface area contributed by atoms with Crippen molar-refractivity contribution in [3.05, 3.63) is 53.9 Å². The molecule has 1 fully saturated rings. The number of amides is 2. The molecule has 0 saturated heterocycles. The van der Waals surface area contributed by atoms with Crippen LogP contribution in [-0.2, 0) is 16.1 Å². The molecule has 9 nitrogen and oxygen atoms in total. The number of likely N-dealkylation sites (N-methyl/N-ethyl adjacent to an activating group) is 1. The molecule has 2 N–H and O–H groups in total. The fourth-order valence-electron chi connectivity index (χ4n) is 6.24. The van der Waals surface area contributed by atoms with Crippen LogP contribution in [0.25, 0.3) is 0 Å². The maximum absolute atomic E-state index is 14.3. The van der Waals surface area contributed by atoms with Crippen LogP contribution in [0.4, 0.5) is 5.69 Å². The van der Waals surface area contributed by atoms with E-state index in [2.05, 4.69) is 29.2 Å². The van der Waals surface area contributed by atoms with Gasteiger partial charge in [-0.3, -0.25) is 19.5 Å². The Morgan fingerprint density at radius 1 is 1.09 bits per heavy atom. The molecule has 2 heterocycles. The van der Waals surface area contributed by atoms with Crippen LogP contribution in [-0.4, -0.2) is 83.3 Å². The number of carbonyl (C=O) groups is 2. The standard InChI is InChI=1S/C35H52N4O5/c1-25-21-39(26(2)24-40)35(42)31-20-30(37-34(41)29-11-6-5-7-12-29)13-14-32(31)44-27(3)10-8-9-19-43-33(25)23-38(4)22-28-15-17-36-18-16-28/h13-18,20,25-27,29,33,40H,5-12,19,21-24H2,1-4H3,(H,37,41)/t25-,26-,27-,33-/m0/s1. The summed E-state index contributed by atoms with van der Waals surface area (Å²) in [5, 5.41) is 13.3. The van der Waals surface area contributed by atoms with Gasteiger partial charge in [0.25, 0.3) is 5.91 Å². The molecule has 1 saturated carbocycles. The first kappa shape index (κ1) is 33.9. The number of nitrogens with one attached hydrogen (secondary N) is 1. The van der Waals surface area contributed by atoms with Crippen molar-refractivity contribution in [2.45, 2.75) is 96.9 Å². The number of nitrogens with zero attached hydrogens (tertiary/aromatic N) is 3. The molecule has 0 radical (unpaired) electrons. The van der Waals surface area contributed by atoms with E-state index in [1.165, 1.54) is 12.0 Å². The number of benzene rings is 1. The van der Waals surface area contributed by atoms with Gasteiger partial charge in [0.15, 0.2) is 0 Å². The predicted molar refractivity (Wildman–Crippen MR) is 173 cm³/mol. The molecule has 0 unspecified atom stereocenters. The van der Waals surface area contributed by atoms with Gasteiger partial charge in [-0.15, -0.1) is 0 Å². The minimum atomic E-state index is -0.418. The molecule has 2 amide bonds. The van der Waals surface area contributed by atoms with Crippen molar-refractivity contribution in [2.75, 3.05) is 38.7 Å². The Balaban J connectivity index is 1.59. The molecule has 1 aromatic carbocycles. The molecule has 4 atom stereocenters. The van der Waals surface area contributed by atoms with Crippen LogP contribution in [0, 0.1) is 11.8 Å². The predicted octanol–water partition coefficient (Wildman–Crippen LogP) is 5.53. The number of pyridine rings is 1. The second-order valence-corrected chi connectivity index (χ2v) is 12.9. The molecular weight excluding hydrogens is 556 g/mol. The Hall–Kier alpha value is -3.01. The third kappa shape index (κ3) is 9.74. The van der Waals surface area contributed by atoms with Crippen LogP contribution in [0.3, 0.4) is 0 Å². The second kappa shape index (κ2) is 16.9. The number of hydrogen-bond acceptors (Lipinski definition) is 7. The first-order chi connectivity index (χ1) is 21.2. The van der Waals surface area contributed by atoms with E-state index in [1.807, 2.05) is 32.0 Å². The van der Waals surface area contributed by atoms with Crippen molar-refractivity contribution in [3.63, 3.8) is 0 Å². The summed E-state index contributed by atoms with van der Waals surface area (Å²) >= 11 is 0. The van der Waals surface area contributed by atoms with Crippen molar-refractivity contribution in [1.29, 1.82) is 0 Å². The summed E-state index contributed by atoms with van der Waals surface area (Å²) in [5.74, 6) is 0.286. The van der Waals surface area contributed by atoms with Crippen molar-refractivity contribution in [3.8, 4) is 5.75 Å². The number of rotatable bonds is 8. The summed E-state index contributed by atoms with van der Waals surface area (Å²) in [4.78, 5) is 35.5. The SMILES string of the molecule is C[C@H]1CCCCO[C@@H](CN(C)Cc2ccncc2)[C@@H](C)CN([C@@H](C)CO)C(=O)c2cc(NC(=O)C3CCCCC3)ccc2O1. The topological polar surface area (TPSA) is 104 Å². The smallest absolute Gasteiger partial charge is 0.258 e. The van der Waals surface area contributed by atoms with Gasteiger partial charge in [-0.05, 0) is 88.9 Å². The van der Waals surface area contributed by atoms with E-state index in [0.717, 1.165) is 51.5 Å². The molecule has 1 aliphatic heterocycles. The molecule has 9 heteroatoms. The van der Waals surface area contributed by atoms with Gasteiger partial charge in [0.05, 0.1) is 30.4 Å². The third-order valence-electron chi connectivity index (χ3n) is 8.99. The highest BCUT2D eigenvalue weighted by Crippen LogP contribution is 2.30. The van der Waals surface area contributed by atoms with E-state index in [9.17, 15) is 14.7 Å². The summed E-state index contributed by atoms with van der Waals surface area (Å²) in [5.41, 5.74) is 2.17. The van der Waals surface area contributed by atoms with Crippen molar-refractivity contribution in [2.24, 2.45) is 11.8 Å². The summed E-state index contributed by atoms with van der Waals surface area (Å²) in [7, 11) is 2.08. The Kier molecular flexibility index (Phi) is 13.0. The van der Waals surface area contributed by atoms with Gasteiger partial charge < -0.3 is 24.8 Å². The average Bonchev–Trinajstić information content (AvgIpc) is 3.03. The number of fused-ring (bicyclic) bond motifs is 1. The monoisotopic (exact) mass is 608 g/mol. The Bertz CT molecular complexity index is 1190. The first-order valence-corrected chi connectivity index (χ1v) is 16.5. The highest BCUT2D eigenvalue weighted by atomic mass is 16.5. The van der Waals surface area contributed by atoms with Gasteiger partial charge in [0.1, 0.15) is 5.75 Å². The molecule has 242 valence electrons. The zero-order valence-electron chi connectivity index (χ0n) is 27.0. The van der Waals surface area contributed by atoms with Crippen molar-refractivity contribution < 1.29 is 24.2 Å². The fourth-order valence-corrected chi connectivity index (χ4v) is 6.24. The summed E-state index contributed by atoms with van der Waals surface area (Å²) in [6, 6.07) is 8.99. The van der Waals surface area contributed by atoms with Gasteiger partial charge in [-0.25, -0.2) is 0 Å². The quantitative estimate of drug-likeness (QED) is 0.406. The number of anilines is 1. The maximum atomic E-state index is 14.3. The average molecular weight is 609 g/mol. The lowest BCUT2D eigenvalue weighted by Crippen LogP contribution is -2.47. The highest BCUT2D eigenvalue weighted by molar-refractivity contribution is 6.00. The highest BCUT2D eigenvalue weighted by Gasteiger charge is 2.31. The minimum Gasteiger partial charge on any atom is -0.490 e. The Morgan fingerprint density at radius 3 is 2.55 bits per heavy atom. The van der Waals surface area contributed by atoms with Gasteiger partial charge >= 0.3 is 0 Å². The molecule has 0 spiro atoms. The van der Waals surface area contributed by atoms with E-state index in [4.69, 9.17) is 9.47 Å². The van der Waals surface area contributed by atoms with Crippen LogP contribution in [0.15, 0.2) is 42.7 Å². The van der Waals surface area contributed by atoms with Crippen molar-refractivity contribution >= 4 is 17.5 Å². The fraction of sp³-hybridized carbons (Fsp3) is 0.629. The van der Waals surface area contributed by atoms with Crippen LogP contribution < -0.4 is 10.1 Å². The number of ether oxygens (including phenoxy) is 2. The molecule has 2 aromatic rings. The van der Waals surface area contributed by atoms with Gasteiger partial charge in [0.2, 0.25) is 5.91 Å². The zero-order chi connectivity index (χ0) is 31.5. The molecule has 44 heavy (non-hydrogen) atoms. The van der Waals surface area contributed by atoms with Gasteiger partial charge in [-0.2, -0.15) is 0 Å². The molecule has 4 rings (SSSR count). The van der Waals surface area contributed by atoms with Gasteiger partial charge in [0, 0.05) is 56.2 Å². The number of aliphatic hydroxyl groups excluding tert-OH is 1. The lowest BCUT2D eigenvalue weighted by atomic mass is 9.88. The molecule has 1 aliphatic carbocycles. The molecule has 1 aromatic heterocycles.